The molecule has 3 heterocycles. The van der Waals surface area contributed by atoms with Crippen LogP contribution < -0.4 is 10.2 Å². The highest BCUT2D eigenvalue weighted by molar-refractivity contribution is 7.99. The maximum atomic E-state index is 12.8. The average molecular weight is 490 g/mol. The molecule has 0 atom stereocenters. The summed E-state index contributed by atoms with van der Waals surface area (Å²) in [6.07, 6.45) is 2.96. The van der Waals surface area contributed by atoms with Crippen LogP contribution in [0.5, 0.6) is 0 Å². The minimum absolute atomic E-state index is 0.0437. The predicted molar refractivity (Wildman–Crippen MR) is 130 cm³/mol. The number of benzene rings is 1. The molecule has 4 rings (SSSR count). The van der Waals surface area contributed by atoms with Crippen LogP contribution in [0.2, 0.25) is 5.02 Å². The Bertz CT molecular complexity index is 1110. The Kier molecular flexibility index (Phi) is 7.49. The van der Waals surface area contributed by atoms with Gasteiger partial charge in [0.15, 0.2) is 10.9 Å². The third kappa shape index (κ3) is 5.33. The summed E-state index contributed by atoms with van der Waals surface area (Å²) in [4.78, 5) is 27.8. The van der Waals surface area contributed by atoms with Crippen LogP contribution in [0.4, 0.5) is 5.95 Å². The van der Waals surface area contributed by atoms with E-state index in [1.54, 1.807) is 0 Å². The van der Waals surface area contributed by atoms with Crippen LogP contribution >= 0.6 is 34.7 Å². The second-order valence-electron chi connectivity index (χ2n) is 7.47. The first-order valence-electron chi connectivity index (χ1n) is 10.5. The van der Waals surface area contributed by atoms with Gasteiger partial charge in [-0.25, -0.2) is 0 Å². The summed E-state index contributed by atoms with van der Waals surface area (Å²) in [5.74, 6) is 1.02. The number of amides is 1. The molecule has 7 nitrogen and oxygen atoms in total. The van der Waals surface area contributed by atoms with Crippen molar-refractivity contribution in [3.63, 3.8) is 0 Å². The van der Waals surface area contributed by atoms with E-state index in [0.29, 0.717) is 28.0 Å². The number of hydrogen-bond acceptors (Lipinski definition) is 7. The number of nitrogens with zero attached hydrogens (tertiary/aromatic N) is 4. The number of halogens is 1. The molecule has 0 saturated carbocycles. The summed E-state index contributed by atoms with van der Waals surface area (Å²) in [5, 5.41) is 12.9. The number of para-hydroxylation sites is 1. The molecule has 3 aromatic rings. The molecule has 1 N–H and O–H groups in total. The average Bonchev–Trinajstić information content (AvgIpc) is 3.52. The summed E-state index contributed by atoms with van der Waals surface area (Å²) < 4.78 is 1.96. The molecular formula is C22H24ClN5O2S2. The molecule has 168 valence electrons. The van der Waals surface area contributed by atoms with Gasteiger partial charge in [0.25, 0.3) is 0 Å². The highest BCUT2D eigenvalue weighted by atomic mass is 35.5. The molecule has 1 aromatic carbocycles. The van der Waals surface area contributed by atoms with E-state index in [9.17, 15) is 9.59 Å². The molecule has 1 fully saturated rings. The van der Waals surface area contributed by atoms with E-state index in [4.69, 9.17) is 11.6 Å². The lowest BCUT2D eigenvalue weighted by atomic mass is 10.3. The van der Waals surface area contributed by atoms with Crippen molar-refractivity contribution < 1.29 is 9.59 Å². The number of hydrogen-bond donors (Lipinski definition) is 1. The van der Waals surface area contributed by atoms with Gasteiger partial charge < -0.3 is 10.2 Å². The normalized spacial score (nSPS) is 13.5. The number of carbonyl (C=O) groups excluding carboxylic acids is 2. The fraction of sp³-hybridized carbons (Fsp3) is 0.364. The zero-order valence-corrected chi connectivity index (χ0v) is 20.1. The monoisotopic (exact) mass is 489 g/mol. The van der Waals surface area contributed by atoms with Gasteiger partial charge in [0, 0.05) is 31.4 Å². The second kappa shape index (κ2) is 10.5. The van der Waals surface area contributed by atoms with Gasteiger partial charge in [0.1, 0.15) is 0 Å². The van der Waals surface area contributed by atoms with E-state index >= 15 is 0 Å². The van der Waals surface area contributed by atoms with Gasteiger partial charge in [-0.2, -0.15) is 0 Å². The standard InChI is InChI=1S/C22H24ClN5O2S2/c1-15(29)24-11-10-16-8-9-20(32-16)19(30)14-31-22-26-25-21(27-12-4-5-13-27)28(22)18-7-3-2-6-17(18)23/h2-3,6-9H,4-5,10-14H2,1H3,(H,24,29). The molecule has 0 bridgehead atoms. The Labute approximate surface area is 200 Å². The Hall–Kier alpha value is -2.36. The molecule has 0 radical (unpaired) electrons. The fourth-order valence-electron chi connectivity index (χ4n) is 3.55. The van der Waals surface area contributed by atoms with Crippen LogP contribution in [-0.4, -0.2) is 51.8 Å². The molecule has 0 aliphatic carbocycles. The topological polar surface area (TPSA) is 80.1 Å². The van der Waals surface area contributed by atoms with E-state index in [0.717, 1.165) is 42.4 Å². The minimum atomic E-state index is -0.0508. The van der Waals surface area contributed by atoms with E-state index in [2.05, 4.69) is 20.4 Å². The van der Waals surface area contributed by atoms with Crippen LogP contribution in [-0.2, 0) is 11.2 Å². The van der Waals surface area contributed by atoms with Gasteiger partial charge in [-0.15, -0.1) is 21.5 Å². The minimum Gasteiger partial charge on any atom is -0.356 e. The highest BCUT2D eigenvalue weighted by Gasteiger charge is 2.24. The smallest absolute Gasteiger partial charge is 0.232 e. The van der Waals surface area contributed by atoms with Gasteiger partial charge in [-0.05, 0) is 43.5 Å². The van der Waals surface area contributed by atoms with Crippen molar-refractivity contribution in [2.45, 2.75) is 31.3 Å². The number of anilines is 1. The van der Waals surface area contributed by atoms with Crippen LogP contribution in [0.3, 0.4) is 0 Å². The van der Waals surface area contributed by atoms with E-state index < -0.39 is 0 Å². The SMILES string of the molecule is CC(=O)NCCc1ccc(C(=O)CSc2nnc(N3CCCC3)n2-c2ccccc2Cl)s1. The lowest BCUT2D eigenvalue weighted by molar-refractivity contribution is -0.118. The molecule has 0 unspecified atom stereocenters. The van der Waals surface area contributed by atoms with Crippen molar-refractivity contribution in [1.29, 1.82) is 0 Å². The van der Waals surface area contributed by atoms with E-state index in [-0.39, 0.29) is 17.4 Å². The van der Waals surface area contributed by atoms with Crippen LogP contribution in [0.25, 0.3) is 5.69 Å². The Morgan fingerprint density at radius 1 is 1.16 bits per heavy atom. The van der Waals surface area contributed by atoms with Crippen LogP contribution in [0.15, 0.2) is 41.6 Å². The largest absolute Gasteiger partial charge is 0.356 e. The molecule has 0 spiro atoms. The third-order valence-corrected chi connectivity index (χ3v) is 7.55. The van der Waals surface area contributed by atoms with Gasteiger partial charge >= 0.3 is 0 Å². The Balaban J connectivity index is 1.49. The van der Waals surface area contributed by atoms with Crippen molar-refractivity contribution in [2.75, 3.05) is 30.3 Å². The molecule has 1 aliphatic heterocycles. The summed E-state index contributed by atoms with van der Waals surface area (Å²) >= 11 is 9.33. The summed E-state index contributed by atoms with van der Waals surface area (Å²) in [6.45, 7) is 3.93. The van der Waals surface area contributed by atoms with Crippen molar-refractivity contribution >= 4 is 52.3 Å². The van der Waals surface area contributed by atoms with Gasteiger partial charge in [0.05, 0.1) is 21.3 Å². The van der Waals surface area contributed by atoms with Crippen molar-refractivity contribution in [1.82, 2.24) is 20.1 Å². The molecule has 32 heavy (non-hydrogen) atoms. The number of nitrogens with one attached hydrogen (secondary N) is 1. The zero-order valence-electron chi connectivity index (χ0n) is 17.7. The molecule has 10 heteroatoms. The number of rotatable bonds is 9. The third-order valence-electron chi connectivity index (χ3n) is 5.11. The number of Topliss-reactive ketones (excluding diaryl/α,β-unsaturated/α-hetero) is 1. The lowest BCUT2D eigenvalue weighted by Gasteiger charge is -2.19. The van der Waals surface area contributed by atoms with Crippen molar-refractivity contribution in [2.24, 2.45) is 0 Å². The Morgan fingerprint density at radius 2 is 1.94 bits per heavy atom. The highest BCUT2D eigenvalue weighted by Crippen LogP contribution is 2.32. The van der Waals surface area contributed by atoms with E-state index in [1.807, 2.05) is 41.0 Å². The molecule has 1 amide bonds. The maximum absolute atomic E-state index is 12.8. The lowest BCUT2D eigenvalue weighted by Crippen LogP contribution is -2.22. The summed E-state index contributed by atoms with van der Waals surface area (Å²) in [5.41, 5.74) is 0.812. The quantitative estimate of drug-likeness (QED) is 0.358. The van der Waals surface area contributed by atoms with Crippen LogP contribution in [0.1, 0.15) is 34.3 Å². The van der Waals surface area contributed by atoms with Crippen LogP contribution in [0, 0.1) is 0 Å². The molecule has 2 aromatic heterocycles. The predicted octanol–water partition coefficient (Wildman–Crippen LogP) is 4.24. The summed E-state index contributed by atoms with van der Waals surface area (Å²) in [6, 6.07) is 11.4. The first-order chi connectivity index (χ1) is 15.5. The van der Waals surface area contributed by atoms with Crippen molar-refractivity contribution in [3.05, 3.63) is 51.2 Å². The van der Waals surface area contributed by atoms with Crippen molar-refractivity contribution in [3.8, 4) is 5.69 Å². The van der Waals surface area contributed by atoms with E-state index in [1.165, 1.54) is 30.0 Å². The molecule has 1 saturated heterocycles. The maximum Gasteiger partial charge on any atom is 0.232 e. The van der Waals surface area contributed by atoms with Gasteiger partial charge in [0.2, 0.25) is 11.9 Å². The number of thiophene rings is 1. The molecular weight excluding hydrogens is 466 g/mol. The van der Waals surface area contributed by atoms with Gasteiger partial charge in [-0.3, -0.25) is 14.2 Å². The number of aromatic nitrogens is 3. The zero-order chi connectivity index (χ0) is 22.5. The first-order valence-corrected chi connectivity index (χ1v) is 12.7. The second-order valence-corrected chi connectivity index (χ2v) is 9.99. The Morgan fingerprint density at radius 3 is 2.69 bits per heavy atom. The number of thioether (sulfide) groups is 1. The fourth-order valence-corrected chi connectivity index (χ4v) is 5.63. The number of ketones is 1. The summed E-state index contributed by atoms with van der Waals surface area (Å²) in [7, 11) is 0. The molecule has 1 aliphatic rings. The number of carbonyl (C=O) groups is 2. The van der Waals surface area contributed by atoms with Gasteiger partial charge in [-0.1, -0.05) is 35.5 Å². The first kappa shape index (κ1) is 22.8.